The summed E-state index contributed by atoms with van der Waals surface area (Å²) in [6, 6.07) is 20.7. The Balaban J connectivity index is 1.34. The highest BCUT2D eigenvalue weighted by Gasteiger charge is 2.17. The molecular formula is C22H16O6. The lowest BCUT2D eigenvalue weighted by atomic mass is 10.1. The van der Waals surface area contributed by atoms with Gasteiger partial charge in [0, 0.05) is 5.56 Å². The molecular weight excluding hydrogens is 360 g/mol. The van der Waals surface area contributed by atoms with Gasteiger partial charge in [0.1, 0.15) is 11.5 Å². The van der Waals surface area contributed by atoms with Gasteiger partial charge in [-0.05, 0) is 54.6 Å². The second-order valence-electron chi connectivity index (χ2n) is 6.01. The smallest absolute Gasteiger partial charge is 0.338 e. The number of benzene rings is 3. The first kappa shape index (κ1) is 17.6. The van der Waals surface area contributed by atoms with Gasteiger partial charge in [0.15, 0.2) is 23.9 Å². The molecule has 3 aromatic rings. The van der Waals surface area contributed by atoms with Crippen molar-refractivity contribution in [3.8, 4) is 23.0 Å². The maximum absolute atomic E-state index is 12.2. The molecule has 0 amide bonds. The lowest BCUT2D eigenvalue weighted by Gasteiger charge is -2.07. The molecule has 1 heterocycles. The molecule has 0 radical (unpaired) electrons. The number of ketones is 1. The lowest BCUT2D eigenvalue weighted by Crippen LogP contribution is -2.14. The largest absolute Gasteiger partial charge is 0.457 e. The molecule has 0 fully saturated rings. The van der Waals surface area contributed by atoms with Crippen molar-refractivity contribution in [3.05, 3.63) is 83.9 Å². The summed E-state index contributed by atoms with van der Waals surface area (Å²) in [7, 11) is 0. The first-order valence-electron chi connectivity index (χ1n) is 8.62. The Morgan fingerprint density at radius 2 is 1.46 bits per heavy atom. The van der Waals surface area contributed by atoms with Crippen molar-refractivity contribution < 1.29 is 28.5 Å². The van der Waals surface area contributed by atoms with Crippen LogP contribution in [0.25, 0.3) is 0 Å². The number of fused-ring (bicyclic) bond motifs is 1. The molecule has 4 rings (SSSR count). The number of esters is 1. The van der Waals surface area contributed by atoms with Crippen LogP contribution in [-0.4, -0.2) is 25.2 Å². The van der Waals surface area contributed by atoms with Crippen LogP contribution in [0.1, 0.15) is 20.7 Å². The molecule has 28 heavy (non-hydrogen) atoms. The summed E-state index contributed by atoms with van der Waals surface area (Å²) in [6.07, 6.45) is 0. The molecule has 6 nitrogen and oxygen atoms in total. The van der Waals surface area contributed by atoms with Crippen molar-refractivity contribution in [1.29, 1.82) is 0 Å². The van der Waals surface area contributed by atoms with Gasteiger partial charge in [-0.1, -0.05) is 18.2 Å². The standard InChI is InChI=1S/C22H16O6/c23-19(16-8-11-20-21(12-16)27-14-26-20)13-25-22(24)15-6-9-18(10-7-15)28-17-4-2-1-3-5-17/h1-12H,13-14H2. The molecule has 0 saturated heterocycles. The van der Waals surface area contributed by atoms with Crippen LogP contribution in [0.2, 0.25) is 0 Å². The van der Waals surface area contributed by atoms with Gasteiger partial charge in [-0.2, -0.15) is 0 Å². The van der Waals surface area contributed by atoms with E-state index in [1.807, 2.05) is 30.3 Å². The molecule has 1 aliphatic heterocycles. The van der Waals surface area contributed by atoms with Gasteiger partial charge in [0.2, 0.25) is 6.79 Å². The summed E-state index contributed by atoms with van der Waals surface area (Å²) in [5.74, 6) is 1.49. The molecule has 6 heteroatoms. The molecule has 0 spiro atoms. The quantitative estimate of drug-likeness (QED) is 0.473. The minimum absolute atomic E-state index is 0.131. The van der Waals surface area contributed by atoms with Crippen molar-refractivity contribution >= 4 is 11.8 Å². The molecule has 0 atom stereocenters. The third kappa shape index (κ3) is 3.96. The van der Waals surface area contributed by atoms with E-state index in [2.05, 4.69) is 0 Å². The Labute approximate surface area is 161 Å². The van der Waals surface area contributed by atoms with Crippen molar-refractivity contribution in [2.45, 2.75) is 0 Å². The van der Waals surface area contributed by atoms with Gasteiger partial charge < -0.3 is 18.9 Å². The van der Waals surface area contributed by atoms with Crippen LogP contribution in [-0.2, 0) is 4.74 Å². The fraction of sp³-hybridized carbons (Fsp3) is 0.0909. The van der Waals surface area contributed by atoms with Crippen molar-refractivity contribution in [2.75, 3.05) is 13.4 Å². The van der Waals surface area contributed by atoms with Gasteiger partial charge in [-0.3, -0.25) is 4.79 Å². The van der Waals surface area contributed by atoms with Gasteiger partial charge >= 0.3 is 5.97 Å². The number of carbonyl (C=O) groups is 2. The van der Waals surface area contributed by atoms with E-state index in [4.69, 9.17) is 18.9 Å². The molecule has 0 aromatic heterocycles. The summed E-state index contributed by atoms with van der Waals surface area (Å²) >= 11 is 0. The number of para-hydroxylation sites is 1. The maximum Gasteiger partial charge on any atom is 0.338 e. The first-order chi connectivity index (χ1) is 13.7. The van der Waals surface area contributed by atoms with E-state index in [1.165, 1.54) is 0 Å². The number of rotatable bonds is 6. The third-order valence-corrected chi connectivity index (χ3v) is 4.10. The van der Waals surface area contributed by atoms with Gasteiger partial charge in [-0.15, -0.1) is 0 Å². The molecule has 0 N–H and O–H groups in total. The average Bonchev–Trinajstić information content (AvgIpc) is 3.21. The zero-order chi connectivity index (χ0) is 19.3. The maximum atomic E-state index is 12.2. The minimum atomic E-state index is -0.583. The van der Waals surface area contributed by atoms with Crippen molar-refractivity contribution in [2.24, 2.45) is 0 Å². The number of hydrogen-bond acceptors (Lipinski definition) is 6. The van der Waals surface area contributed by atoms with Gasteiger partial charge in [-0.25, -0.2) is 4.79 Å². The highest BCUT2D eigenvalue weighted by molar-refractivity contribution is 5.99. The zero-order valence-corrected chi connectivity index (χ0v) is 14.8. The van der Waals surface area contributed by atoms with E-state index in [0.717, 1.165) is 0 Å². The Morgan fingerprint density at radius 3 is 2.25 bits per heavy atom. The molecule has 0 bridgehead atoms. The average molecular weight is 376 g/mol. The monoisotopic (exact) mass is 376 g/mol. The topological polar surface area (TPSA) is 71.1 Å². The van der Waals surface area contributed by atoms with Crippen LogP contribution in [0.15, 0.2) is 72.8 Å². The SMILES string of the molecule is O=C(COC(=O)c1ccc(Oc2ccccc2)cc1)c1ccc2c(c1)OCO2. The van der Waals surface area contributed by atoms with E-state index in [9.17, 15) is 9.59 Å². The molecule has 140 valence electrons. The normalized spacial score (nSPS) is 11.7. The van der Waals surface area contributed by atoms with Gasteiger partial charge in [0.05, 0.1) is 5.56 Å². The molecule has 3 aromatic carbocycles. The fourth-order valence-corrected chi connectivity index (χ4v) is 2.65. The minimum Gasteiger partial charge on any atom is -0.457 e. The van der Waals surface area contributed by atoms with E-state index >= 15 is 0 Å². The molecule has 0 saturated carbocycles. The second-order valence-corrected chi connectivity index (χ2v) is 6.01. The third-order valence-electron chi connectivity index (χ3n) is 4.10. The Bertz CT molecular complexity index is 995. The summed E-state index contributed by atoms with van der Waals surface area (Å²) in [6.45, 7) is -0.229. The Morgan fingerprint density at radius 1 is 0.786 bits per heavy atom. The van der Waals surface area contributed by atoms with Crippen LogP contribution >= 0.6 is 0 Å². The predicted octanol–water partition coefficient (Wildman–Crippen LogP) is 4.25. The summed E-state index contributed by atoms with van der Waals surface area (Å²) < 4.78 is 21.2. The number of ether oxygens (including phenoxy) is 4. The summed E-state index contributed by atoms with van der Waals surface area (Å²) in [5, 5.41) is 0. The first-order valence-corrected chi connectivity index (χ1v) is 8.62. The summed E-state index contributed by atoms with van der Waals surface area (Å²) in [4.78, 5) is 24.4. The highest BCUT2D eigenvalue weighted by Crippen LogP contribution is 2.32. The molecule has 1 aliphatic rings. The fourth-order valence-electron chi connectivity index (χ4n) is 2.65. The van der Waals surface area contributed by atoms with Crippen molar-refractivity contribution in [1.82, 2.24) is 0 Å². The summed E-state index contributed by atoms with van der Waals surface area (Å²) in [5.41, 5.74) is 0.725. The van der Waals surface area contributed by atoms with E-state index in [1.54, 1.807) is 42.5 Å². The van der Waals surface area contributed by atoms with Gasteiger partial charge in [0.25, 0.3) is 0 Å². The predicted molar refractivity (Wildman–Crippen MR) is 100 cm³/mol. The molecule has 0 unspecified atom stereocenters. The second kappa shape index (κ2) is 7.84. The Kier molecular flexibility index (Phi) is 4.93. The Hall–Kier alpha value is -3.80. The molecule has 0 aliphatic carbocycles. The number of Topliss-reactive ketones (excluding diaryl/α,β-unsaturated/α-hetero) is 1. The van der Waals surface area contributed by atoms with Crippen LogP contribution in [0.5, 0.6) is 23.0 Å². The van der Waals surface area contributed by atoms with E-state index < -0.39 is 5.97 Å². The highest BCUT2D eigenvalue weighted by atomic mass is 16.7. The van der Waals surface area contributed by atoms with Crippen LogP contribution in [0.3, 0.4) is 0 Å². The zero-order valence-electron chi connectivity index (χ0n) is 14.8. The van der Waals surface area contributed by atoms with E-state index in [-0.39, 0.29) is 19.2 Å². The van der Waals surface area contributed by atoms with E-state index in [0.29, 0.717) is 34.1 Å². The van der Waals surface area contributed by atoms with Crippen LogP contribution < -0.4 is 14.2 Å². The number of carbonyl (C=O) groups excluding carboxylic acids is 2. The number of hydrogen-bond donors (Lipinski definition) is 0. The lowest BCUT2D eigenvalue weighted by molar-refractivity contribution is 0.0474. The van der Waals surface area contributed by atoms with Crippen LogP contribution in [0, 0.1) is 0 Å². The van der Waals surface area contributed by atoms with Crippen molar-refractivity contribution in [3.63, 3.8) is 0 Å². The van der Waals surface area contributed by atoms with Crippen LogP contribution in [0.4, 0.5) is 0 Å².